The minimum Gasteiger partial charge on any atom is -0.449 e. The molecule has 0 bridgehead atoms. The summed E-state index contributed by atoms with van der Waals surface area (Å²) in [6, 6.07) is 0.318. The van der Waals surface area contributed by atoms with Gasteiger partial charge in [0, 0.05) is 32.1 Å². The van der Waals surface area contributed by atoms with Crippen molar-refractivity contribution in [3.05, 3.63) is 0 Å². The summed E-state index contributed by atoms with van der Waals surface area (Å²) in [6.45, 7) is 5.91. The quantitative estimate of drug-likeness (QED) is 0.828. The normalized spacial score (nSPS) is 29.1. The number of carbonyl (C=O) groups is 1. The maximum absolute atomic E-state index is 11.9. The monoisotopic (exact) mass is 256 g/mol. The van der Waals surface area contributed by atoms with E-state index in [4.69, 9.17) is 9.47 Å². The van der Waals surface area contributed by atoms with Crippen LogP contribution >= 0.6 is 0 Å². The molecule has 2 rings (SSSR count). The van der Waals surface area contributed by atoms with E-state index in [2.05, 4.69) is 12.2 Å². The number of nitrogens with one attached hydrogen (secondary N) is 1. The zero-order valence-electron chi connectivity index (χ0n) is 11.2. The van der Waals surface area contributed by atoms with Crippen LogP contribution in [0.25, 0.3) is 0 Å². The topological polar surface area (TPSA) is 50.8 Å². The van der Waals surface area contributed by atoms with Crippen LogP contribution in [0.3, 0.4) is 0 Å². The second kappa shape index (κ2) is 6.95. The molecule has 2 heterocycles. The molecule has 2 aliphatic rings. The van der Waals surface area contributed by atoms with Crippen LogP contribution in [0.5, 0.6) is 0 Å². The summed E-state index contributed by atoms with van der Waals surface area (Å²) in [4.78, 5) is 13.7. The van der Waals surface area contributed by atoms with E-state index in [1.54, 1.807) is 0 Å². The van der Waals surface area contributed by atoms with Gasteiger partial charge in [0.15, 0.2) is 0 Å². The Morgan fingerprint density at radius 2 is 2.39 bits per heavy atom. The van der Waals surface area contributed by atoms with Crippen LogP contribution < -0.4 is 5.32 Å². The van der Waals surface area contributed by atoms with Gasteiger partial charge in [-0.3, -0.25) is 0 Å². The van der Waals surface area contributed by atoms with Crippen LogP contribution in [0, 0.1) is 0 Å². The van der Waals surface area contributed by atoms with Gasteiger partial charge < -0.3 is 19.7 Å². The molecule has 0 aromatic heterocycles. The highest BCUT2D eigenvalue weighted by Crippen LogP contribution is 2.17. The molecular formula is C13H24N2O3. The van der Waals surface area contributed by atoms with E-state index in [-0.39, 0.29) is 12.2 Å². The standard InChI is InChI=1S/C13H24N2O3/c1-11-4-2-3-7-15(11)13(16)18-8-5-12-10-14-6-9-17-12/h11-12,14H,2-10H2,1H3. The van der Waals surface area contributed by atoms with Gasteiger partial charge in [-0.15, -0.1) is 0 Å². The summed E-state index contributed by atoms with van der Waals surface area (Å²) < 4.78 is 10.9. The highest BCUT2D eigenvalue weighted by molar-refractivity contribution is 5.68. The third kappa shape index (κ3) is 3.85. The van der Waals surface area contributed by atoms with E-state index in [0.29, 0.717) is 12.6 Å². The molecule has 2 atom stereocenters. The zero-order valence-corrected chi connectivity index (χ0v) is 11.2. The second-order valence-corrected chi connectivity index (χ2v) is 5.14. The Bertz CT molecular complexity index is 267. The maximum Gasteiger partial charge on any atom is 0.409 e. The molecule has 104 valence electrons. The van der Waals surface area contributed by atoms with Crippen molar-refractivity contribution in [2.24, 2.45) is 0 Å². The number of hydrogen-bond donors (Lipinski definition) is 1. The molecule has 18 heavy (non-hydrogen) atoms. The molecule has 1 N–H and O–H groups in total. The molecule has 2 unspecified atom stereocenters. The summed E-state index contributed by atoms with van der Waals surface area (Å²) in [7, 11) is 0. The van der Waals surface area contributed by atoms with E-state index in [9.17, 15) is 4.79 Å². The molecule has 0 saturated carbocycles. The molecule has 0 aliphatic carbocycles. The number of likely N-dealkylation sites (tertiary alicyclic amines) is 1. The van der Waals surface area contributed by atoms with Gasteiger partial charge in [-0.25, -0.2) is 4.79 Å². The molecule has 2 fully saturated rings. The van der Waals surface area contributed by atoms with Crippen molar-refractivity contribution in [3.63, 3.8) is 0 Å². The number of rotatable bonds is 3. The number of morpholine rings is 1. The Hall–Kier alpha value is -0.810. The van der Waals surface area contributed by atoms with E-state index in [1.807, 2.05) is 4.90 Å². The van der Waals surface area contributed by atoms with Crippen LogP contribution in [0.1, 0.15) is 32.6 Å². The third-order valence-electron chi connectivity index (χ3n) is 3.71. The first-order valence-corrected chi connectivity index (χ1v) is 7.03. The Labute approximate surface area is 109 Å². The van der Waals surface area contributed by atoms with Crippen molar-refractivity contribution in [1.29, 1.82) is 0 Å². The van der Waals surface area contributed by atoms with Crippen molar-refractivity contribution in [3.8, 4) is 0 Å². The molecule has 5 nitrogen and oxygen atoms in total. The lowest BCUT2D eigenvalue weighted by Crippen LogP contribution is -2.43. The Morgan fingerprint density at radius 3 is 3.11 bits per heavy atom. The highest BCUT2D eigenvalue weighted by atomic mass is 16.6. The Balaban J connectivity index is 1.64. The minimum absolute atomic E-state index is 0.161. The fourth-order valence-corrected chi connectivity index (χ4v) is 2.54. The average Bonchev–Trinajstić information content (AvgIpc) is 2.40. The molecule has 0 radical (unpaired) electrons. The van der Waals surface area contributed by atoms with Crippen molar-refractivity contribution >= 4 is 6.09 Å². The molecular weight excluding hydrogens is 232 g/mol. The largest absolute Gasteiger partial charge is 0.449 e. The van der Waals surface area contributed by atoms with Crippen LogP contribution in [0.2, 0.25) is 0 Å². The van der Waals surface area contributed by atoms with Crippen LogP contribution in [-0.4, -0.2) is 56.0 Å². The fourth-order valence-electron chi connectivity index (χ4n) is 2.54. The van der Waals surface area contributed by atoms with Gasteiger partial charge in [0.05, 0.1) is 19.3 Å². The summed E-state index contributed by atoms with van der Waals surface area (Å²) in [5.41, 5.74) is 0. The predicted octanol–water partition coefficient (Wildman–Crippen LogP) is 1.38. The van der Waals surface area contributed by atoms with Gasteiger partial charge in [0.2, 0.25) is 0 Å². The lowest BCUT2D eigenvalue weighted by Gasteiger charge is -2.32. The van der Waals surface area contributed by atoms with Crippen LogP contribution in [0.15, 0.2) is 0 Å². The molecule has 2 saturated heterocycles. The van der Waals surface area contributed by atoms with Gasteiger partial charge in [0.25, 0.3) is 0 Å². The summed E-state index contributed by atoms with van der Waals surface area (Å²) in [6.07, 6.45) is 4.20. The van der Waals surface area contributed by atoms with Gasteiger partial charge in [0.1, 0.15) is 0 Å². The fraction of sp³-hybridized carbons (Fsp3) is 0.923. The SMILES string of the molecule is CC1CCCCN1C(=O)OCCC1CNCCO1. The van der Waals surface area contributed by atoms with Gasteiger partial charge in [-0.1, -0.05) is 0 Å². The second-order valence-electron chi connectivity index (χ2n) is 5.14. The smallest absolute Gasteiger partial charge is 0.409 e. The van der Waals surface area contributed by atoms with Gasteiger partial charge >= 0.3 is 6.09 Å². The maximum atomic E-state index is 11.9. The van der Waals surface area contributed by atoms with Gasteiger partial charge in [-0.05, 0) is 26.2 Å². The number of piperidine rings is 1. The third-order valence-corrected chi connectivity index (χ3v) is 3.71. The summed E-state index contributed by atoms with van der Waals surface area (Å²) in [5, 5.41) is 3.27. The average molecular weight is 256 g/mol. The number of ether oxygens (including phenoxy) is 2. The number of nitrogens with zero attached hydrogens (tertiary/aromatic N) is 1. The first-order valence-electron chi connectivity index (χ1n) is 7.03. The van der Waals surface area contributed by atoms with Crippen molar-refractivity contribution in [2.75, 3.05) is 32.8 Å². The van der Waals surface area contributed by atoms with Crippen LogP contribution in [-0.2, 0) is 9.47 Å². The number of amides is 1. The van der Waals surface area contributed by atoms with E-state index >= 15 is 0 Å². The first-order chi connectivity index (χ1) is 8.77. The predicted molar refractivity (Wildman–Crippen MR) is 68.6 cm³/mol. The Morgan fingerprint density at radius 1 is 1.50 bits per heavy atom. The van der Waals surface area contributed by atoms with E-state index in [1.165, 1.54) is 6.42 Å². The number of hydrogen-bond acceptors (Lipinski definition) is 4. The molecule has 0 aromatic rings. The lowest BCUT2D eigenvalue weighted by atomic mass is 10.0. The summed E-state index contributed by atoms with van der Waals surface area (Å²) >= 11 is 0. The molecule has 0 spiro atoms. The van der Waals surface area contributed by atoms with Crippen molar-refractivity contribution in [1.82, 2.24) is 10.2 Å². The first kappa shape index (κ1) is 13.6. The summed E-state index contributed by atoms with van der Waals surface area (Å²) in [5.74, 6) is 0. The molecule has 1 amide bonds. The molecule has 5 heteroatoms. The minimum atomic E-state index is -0.161. The highest BCUT2D eigenvalue weighted by Gasteiger charge is 2.24. The molecule has 2 aliphatic heterocycles. The van der Waals surface area contributed by atoms with Crippen molar-refractivity contribution in [2.45, 2.75) is 44.8 Å². The Kier molecular flexibility index (Phi) is 5.26. The van der Waals surface area contributed by atoms with E-state index in [0.717, 1.165) is 45.5 Å². The van der Waals surface area contributed by atoms with E-state index < -0.39 is 0 Å². The number of carbonyl (C=O) groups excluding carboxylic acids is 1. The molecule has 0 aromatic carbocycles. The zero-order chi connectivity index (χ0) is 12.8. The lowest BCUT2D eigenvalue weighted by molar-refractivity contribution is 0.00602. The van der Waals surface area contributed by atoms with Crippen LogP contribution in [0.4, 0.5) is 4.79 Å². The van der Waals surface area contributed by atoms with Gasteiger partial charge in [-0.2, -0.15) is 0 Å². The van der Waals surface area contributed by atoms with Crippen molar-refractivity contribution < 1.29 is 14.3 Å².